The minimum absolute atomic E-state index is 0.706. The van der Waals surface area contributed by atoms with E-state index in [4.69, 9.17) is 10.2 Å². The molecular weight excluding hydrogens is 280 g/mol. The molecule has 2 nitrogen and oxygen atoms in total. The number of aryl methyl sites for hydroxylation is 1. The largest absolute Gasteiger partial charge is 0.253 e. The van der Waals surface area contributed by atoms with Crippen molar-refractivity contribution in [2.45, 2.75) is 32.6 Å². The van der Waals surface area contributed by atoms with Crippen LogP contribution in [0.25, 0.3) is 10.9 Å². The van der Waals surface area contributed by atoms with Gasteiger partial charge in [-0.3, -0.25) is 4.98 Å². The lowest BCUT2D eigenvalue weighted by molar-refractivity contribution is 0.778. The number of nitrogens with zero attached hydrogens (tertiary/aromatic N) is 2. The Morgan fingerprint density at radius 2 is 1.83 bits per heavy atom. The first-order valence-corrected chi connectivity index (χ1v) is 8.16. The average molecular weight is 300 g/mol. The fourth-order valence-corrected chi connectivity index (χ4v) is 2.86. The number of aromatic nitrogens is 1. The molecule has 3 rings (SSSR count). The van der Waals surface area contributed by atoms with Gasteiger partial charge < -0.3 is 0 Å². The second-order valence-corrected chi connectivity index (χ2v) is 5.88. The third-order valence-corrected chi connectivity index (χ3v) is 4.12. The molecule has 0 bridgehead atoms. The molecule has 0 N–H and O–H groups in total. The van der Waals surface area contributed by atoms with E-state index in [0.717, 1.165) is 18.4 Å². The van der Waals surface area contributed by atoms with Gasteiger partial charge in [-0.2, -0.15) is 5.26 Å². The first-order valence-electron chi connectivity index (χ1n) is 8.16. The number of benzene rings is 2. The maximum atomic E-state index is 8.92. The fraction of sp³-hybridized carbons (Fsp3) is 0.238. The van der Waals surface area contributed by atoms with Crippen molar-refractivity contribution < 1.29 is 0 Å². The smallest absolute Gasteiger partial charge is 0.0991 e. The molecule has 0 aliphatic carbocycles. The van der Waals surface area contributed by atoms with Crippen LogP contribution in [0.3, 0.4) is 0 Å². The summed E-state index contributed by atoms with van der Waals surface area (Å²) in [6.07, 6.45) is 4.25. The molecule has 0 radical (unpaired) electrons. The van der Waals surface area contributed by atoms with Crippen molar-refractivity contribution in [2.24, 2.45) is 0 Å². The average Bonchev–Trinajstić information content (AvgIpc) is 2.60. The van der Waals surface area contributed by atoms with Crippen molar-refractivity contribution in [1.82, 2.24) is 4.98 Å². The molecule has 2 heteroatoms. The standard InChI is InChI=1S/C21H20N2/c1-2-3-6-19-14-18(20-7-4-5-8-21(20)23-19)13-16-9-11-17(15-22)12-10-16/h4-5,7-12,14H,2-3,6,13H2,1H3. The third-order valence-electron chi connectivity index (χ3n) is 4.12. The Labute approximate surface area is 137 Å². The van der Waals surface area contributed by atoms with E-state index in [1.807, 2.05) is 30.3 Å². The molecular formula is C21H20N2. The maximum Gasteiger partial charge on any atom is 0.0991 e. The Hall–Kier alpha value is -2.66. The van der Waals surface area contributed by atoms with Crippen LogP contribution in [0, 0.1) is 11.3 Å². The highest BCUT2D eigenvalue weighted by Gasteiger charge is 2.07. The number of rotatable bonds is 5. The van der Waals surface area contributed by atoms with Crippen LogP contribution in [0.1, 0.15) is 42.1 Å². The van der Waals surface area contributed by atoms with E-state index >= 15 is 0 Å². The summed E-state index contributed by atoms with van der Waals surface area (Å²) in [4.78, 5) is 4.80. The molecule has 3 aromatic rings. The van der Waals surface area contributed by atoms with Gasteiger partial charge in [-0.15, -0.1) is 0 Å². The van der Waals surface area contributed by atoms with E-state index < -0.39 is 0 Å². The predicted octanol–water partition coefficient (Wildman–Crippen LogP) is 5.04. The Morgan fingerprint density at radius 1 is 1.04 bits per heavy atom. The first kappa shape index (κ1) is 15.2. The van der Waals surface area contributed by atoms with Gasteiger partial charge in [-0.1, -0.05) is 43.7 Å². The van der Waals surface area contributed by atoms with E-state index in [2.05, 4.69) is 37.3 Å². The number of pyridine rings is 1. The molecule has 114 valence electrons. The number of nitriles is 1. The zero-order chi connectivity index (χ0) is 16.1. The van der Waals surface area contributed by atoms with Crippen molar-refractivity contribution in [3.8, 4) is 6.07 Å². The van der Waals surface area contributed by atoms with Crippen LogP contribution in [0.4, 0.5) is 0 Å². The summed E-state index contributed by atoms with van der Waals surface area (Å²) >= 11 is 0. The Balaban J connectivity index is 1.98. The summed E-state index contributed by atoms with van der Waals surface area (Å²) in [5.74, 6) is 0. The van der Waals surface area contributed by atoms with Crippen LogP contribution >= 0.6 is 0 Å². The van der Waals surface area contributed by atoms with Gasteiger partial charge in [0.05, 0.1) is 17.1 Å². The summed E-state index contributed by atoms with van der Waals surface area (Å²) in [7, 11) is 0. The van der Waals surface area contributed by atoms with Crippen molar-refractivity contribution >= 4 is 10.9 Å². The molecule has 0 unspecified atom stereocenters. The molecule has 0 aliphatic heterocycles. The summed E-state index contributed by atoms with van der Waals surface area (Å²) in [5, 5.41) is 10.1. The van der Waals surface area contributed by atoms with Crippen LogP contribution < -0.4 is 0 Å². The minimum Gasteiger partial charge on any atom is -0.253 e. The van der Waals surface area contributed by atoms with Crippen LogP contribution in [0.15, 0.2) is 54.6 Å². The van der Waals surface area contributed by atoms with E-state index in [9.17, 15) is 0 Å². The van der Waals surface area contributed by atoms with Gasteiger partial charge >= 0.3 is 0 Å². The molecule has 0 atom stereocenters. The van der Waals surface area contributed by atoms with E-state index in [1.165, 1.54) is 35.0 Å². The van der Waals surface area contributed by atoms with Crippen LogP contribution in [0.5, 0.6) is 0 Å². The highest BCUT2D eigenvalue weighted by Crippen LogP contribution is 2.22. The highest BCUT2D eigenvalue weighted by atomic mass is 14.7. The Morgan fingerprint density at radius 3 is 2.57 bits per heavy atom. The van der Waals surface area contributed by atoms with Gasteiger partial charge in [0, 0.05) is 11.1 Å². The molecule has 0 fully saturated rings. The number of hydrogen-bond donors (Lipinski definition) is 0. The molecule has 0 saturated heterocycles. The lowest BCUT2D eigenvalue weighted by Crippen LogP contribution is -1.97. The lowest BCUT2D eigenvalue weighted by atomic mass is 9.98. The van der Waals surface area contributed by atoms with Crippen molar-refractivity contribution in [3.05, 3.63) is 77.0 Å². The normalized spacial score (nSPS) is 10.6. The lowest BCUT2D eigenvalue weighted by Gasteiger charge is -2.10. The number of para-hydroxylation sites is 1. The maximum absolute atomic E-state index is 8.92. The molecule has 23 heavy (non-hydrogen) atoms. The number of fused-ring (bicyclic) bond motifs is 1. The number of unbranched alkanes of at least 4 members (excludes halogenated alkanes) is 1. The van der Waals surface area contributed by atoms with Gasteiger partial charge in [0.1, 0.15) is 0 Å². The van der Waals surface area contributed by atoms with Crippen molar-refractivity contribution in [2.75, 3.05) is 0 Å². The van der Waals surface area contributed by atoms with Crippen molar-refractivity contribution in [3.63, 3.8) is 0 Å². The van der Waals surface area contributed by atoms with Crippen molar-refractivity contribution in [1.29, 1.82) is 5.26 Å². The first-order chi connectivity index (χ1) is 11.3. The van der Waals surface area contributed by atoms with Gasteiger partial charge in [0.25, 0.3) is 0 Å². The molecule has 1 aromatic heterocycles. The molecule has 0 amide bonds. The topological polar surface area (TPSA) is 36.7 Å². The quantitative estimate of drug-likeness (QED) is 0.662. The second-order valence-electron chi connectivity index (χ2n) is 5.88. The van der Waals surface area contributed by atoms with Crippen LogP contribution in [-0.2, 0) is 12.8 Å². The van der Waals surface area contributed by atoms with E-state index in [0.29, 0.717) is 5.56 Å². The fourth-order valence-electron chi connectivity index (χ4n) is 2.86. The Bertz CT molecular complexity index is 842. The van der Waals surface area contributed by atoms with Crippen LogP contribution in [0.2, 0.25) is 0 Å². The predicted molar refractivity (Wildman–Crippen MR) is 94.3 cm³/mol. The van der Waals surface area contributed by atoms with Gasteiger partial charge in [-0.05, 0) is 54.7 Å². The minimum atomic E-state index is 0.706. The zero-order valence-corrected chi connectivity index (χ0v) is 13.4. The SMILES string of the molecule is CCCCc1cc(Cc2ccc(C#N)cc2)c2ccccc2n1. The molecule has 1 heterocycles. The summed E-state index contributed by atoms with van der Waals surface area (Å²) in [6, 6.07) is 20.6. The van der Waals surface area contributed by atoms with Gasteiger partial charge in [0.2, 0.25) is 0 Å². The number of hydrogen-bond acceptors (Lipinski definition) is 2. The third kappa shape index (κ3) is 3.57. The van der Waals surface area contributed by atoms with Crippen LogP contribution in [-0.4, -0.2) is 4.98 Å². The summed E-state index contributed by atoms with van der Waals surface area (Å²) in [6.45, 7) is 2.21. The van der Waals surface area contributed by atoms with Gasteiger partial charge in [0.15, 0.2) is 0 Å². The monoisotopic (exact) mass is 300 g/mol. The molecule has 0 spiro atoms. The summed E-state index contributed by atoms with van der Waals surface area (Å²) in [5.41, 5.74) is 5.49. The second kappa shape index (κ2) is 7.07. The Kier molecular flexibility index (Phi) is 4.68. The summed E-state index contributed by atoms with van der Waals surface area (Å²) < 4.78 is 0. The zero-order valence-electron chi connectivity index (χ0n) is 13.4. The molecule has 0 saturated carbocycles. The molecule has 0 aliphatic rings. The highest BCUT2D eigenvalue weighted by molar-refractivity contribution is 5.82. The molecule has 2 aromatic carbocycles. The van der Waals surface area contributed by atoms with E-state index in [1.54, 1.807) is 0 Å². The van der Waals surface area contributed by atoms with Gasteiger partial charge in [-0.25, -0.2) is 0 Å². The van der Waals surface area contributed by atoms with E-state index in [-0.39, 0.29) is 0 Å².